The molecular weight excluding hydrogens is 520 g/mol. The Morgan fingerprint density at radius 3 is 2.40 bits per heavy atom. The molecule has 4 aromatic rings. The quantitative estimate of drug-likeness (QED) is 0.205. The molecule has 2 saturated carbocycles. The van der Waals surface area contributed by atoms with E-state index in [2.05, 4.69) is 33.8 Å². The zero-order valence-electron chi connectivity index (χ0n) is 22.8. The average molecular weight is 557 g/mol. The van der Waals surface area contributed by atoms with Gasteiger partial charge in [0, 0.05) is 41.8 Å². The fourth-order valence-electron chi connectivity index (χ4n) is 5.63. The molecule has 0 atom stereocenters. The third kappa shape index (κ3) is 5.64. The van der Waals surface area contributed by atoms with Crippen molar-refractivity contribution in [2.75, 3.05) is 18.5 Å². The van der Waals surface area contributed by atoms with Crippen molar-refractivity contribution in [3.63, 3.8) is 0 Å². The number of anilines is 1. The number of benzene rings is 3. The summed E-state index contributed by atoms with van der Waals surface area (Å²) >= 11 is 0. The maximum atomic E-state index is 13.0. The van der Waals surface area contributed by atoms with Gasteiger partial charge in [0.2, 0.25) is 10.0 Å². The number of hydrogen-bond acceptors (Lipinski definition) is 5. The van der Waals surface area contributed by atoms with Crippen molar-refractivity contribution < 1.29 is 13.5 Å². The molecule has 3 aromatic carbocycles. The first-order chi connectivity index (χ1) is 19.4. The van der Waals surface area contributed by atoms with Crippen molar-refractivity contribution in [3.05, 3.63) is 83.9 Å². The number of nitrogens with one attached hydrogen (secondary N) is 2. The Hall–Kier alpha value is -3.62. The Labute approximate surface area is 236 Å². The van der Waals surface area contributed by atoms with E-state index in [1.807, 2.05) is 42.5 Å². The molecule has 3 N–H and O–H groups in total. The maximum Gasteiger partial charge on any atom is 0.240 e. The molecule has 7 nitrogen and oxygen atoms in total. The molecular formula is C32H36N4O3S. The first kappa shape index (κ1) is 26.6. The van der Waals surface area contributed by atoms with Gasteiger partial charge in [-0.25, -0.2) is 18.1 Å². The number of aromatic hydroxyl groups is 1. The van der Waals surface area contributed by atoms with Crippen LogP contribution in [-0.4, -0.2) is 43.9 Å². The number of nitrogens with zero attached hydrogens (tertiary/aromatic N) is 2. The van der Waals surface area contributed by atoms with E-state index < -0.39 is 10.0 Å². The van der Waals surface area contributed by atoms with E-state index in [-0.39, 0.29) is 10.8 Å². The van der Waals surface area contributed by atoms with Gasteiger partial charge in [0.1, 0.15) is 0 Å². The van der Waals surface area contributed by atoms with Crippen molar-refractivity contribution in [1.82, 2.24) is 9.71 Å². The third-order valence-corrected chi connectivity index (χ3v) is 9.65. The van der Waals surface area contributed by atoms with Crippen LogP contribution in [-0.2, 0) is 10.0 Å². The fraction of sp³-hybridized carbons (Fsp3) is 0.344. The molecule has 0 aliphatic heterocycles. The van der Waals surface area contributed by atoms with Gasteiger partial charge in [0.15, 0.2) is 5.88 Å². The minimum absolute atomic E-state index is 0.0493. The predicted octanol–water partition coefficient (Wildman–Crippen LogP) is 6.50. The van der Waals surface area contributed by atoms with E-state index in [1.54, 1.807) is 18.2 Å². The smallest absolute Gasteiger partial charge is 0.240 e. The van der Waals surface area contributed by atoms with Crippen molar-refractivity contribution in [2.24, 2.45) is 10.9 Å². The Balaban J connectivity index is 1.39. The molecule has 2 aliphatic carbocycles. The monoisotopic (exact) mass is 556 g/mol. The van der Waals surface area contributed by atoms with Crippen LogP contribution in [0, 0.1) is 5.92 Å². The Morgan fingerprint density at radius 1 is 0.975 bits per heavy atom. The van der Waals surface area contributed by atoms with Gasteiger partial charge in [0.05, 0.1) is 21.9 Å². The fourth-order valence-corrected chi connectivity index (χ4v) is 6.77. The molecule has 0 spiro atoms. The topological polar surface area (TPSA) is 97.8 Å². The van der Waals surface area contributed by atoms with Gasteiger partial charge in [-0.3, -0.25) is 0 Å². The lowest BCUT2D eigenvalue weighted by Crippen LogP contribution is -2.33. The SMILES string of the molecule is CN(c1ccc(N=C(c2ccccc2)c2c(O)[nH]c3ccc(S(=O)(=O)NCC4CC4)cc23)cc1)C1CCCCC1. The predicted molar refractivity (Wildman–Crippen MR) is 161 cm³/mol. The summed E-state index contributed by atoms with van der Waals surface area (Å²) in [7, 11) is -1.51. The Bertz CT molecular complexity index is 1620. The number of aromatic amines is 1. The second-order valence-electron chi connectivity index (χ2n) is 11.1. The summed E-state index contributed by atoms with van der Waals surface area (Å²) in [6.07, 6.45) is 8.46. The molecule has 40 heavy (non-hydrogen) atoms. The lowest BCUT2D eigenvalue weighted by atomic mass is 9.94. The van der Waals surface area contributed by atoms with Crippen LogP contribution >= 0.6 is 0 Å². The molecule has 0 amide bonds. The molecule has 1 heterocycles. The van der Waals surface area contributed by atoms with E-state index in [1.165, 1.54) is 32.1 Å². The second kappa shape index (κ2) is 11.1. The highest BCUT2D eigenvalue weighted by Gasteiger charge is 2.26. The Morgan fingerprint density at radius 2 is 1.70 bits per heavy atom. The number of hydrogen-bond donors (Lipinski definition) is 3. The van der Waals surface area contributed by atoms with Crippen LogP contribution in [0.3, 0.4) is 0 Å². The van der Waals surface area contributed by atoms with Crippen LogP contribution in [0.25, 0.3) is 10.9 Å². The summed E-state index contributed by atoms with van der Waals surface area (Å²) < 4.78 is 28.8. The summed E-state index contributed by atoms with van der Waals surface area (Å²) in [5.74, 6) is 0.378. The standard InChI is InChI=1S/C32H36N4O3S/c1-36(25-10-6-3-7-11-25)26-16-14-24(15-17-26)34-31(23-8-4-2-5-9-23)30-28-20-27(18-19-29(28)35-32(30)37)40(38,39)33-21-22-12-13-22/h2,4-5,8-9,14-20,22,25,33,35,37H,3,6-7,10-13,21H2,1H3. The first-order valence-electron chi connectivity index (χ1n) is 14.2. The molecule has 208 valence electrons. The van der Waals surface area contributed by atoms with Crippen LogP contribution in [0.5, 0.6) is 5.88 Å². The molecule has 0 bridgehead atoms. The lowest BCUT2D eigenvalue weighted by Gasteiger charge is -2.33. The molecule has 8 heteroatoms. The molecule has 0 saturated heterocycles. The summed E-state index contributed by atoms with van der Waals surface area (Å²) in [4.78, 5) is 10.6. The van der Waals surface area contributed by atoms with Gasteiger partial charge in [0.25, 0.3) is 0 Å². The van der Waals surface area contributed by atoms with Crippen molar-refractivity contribution in [2.45, 2.75) is 55.9 Å². The highest BCUT2D eigenvalue weighted by atomic mass is 32.2. The third-order valence-electron chi connectivity index (χ3n) is 8.22. The van der Waals surface area contributed by atoms with Gasteiger partial charge in [-0.1, -0.05) is 49.6 Å². The van der Waals surface area contributed by atoms with Gasteiger partial charge >= 0.3 is 0 Å². The summed E-state index contributed by atoms with van der Waals surface area (Å²) in [5, 5.41) is 11.7. The minimum Gasteiger partial charge on any atom is -0.494 e. The molecule has 6 rings (SSSR count). The summed E-state index contributed by atoms with van der Waals surface area (Å²) in [6, 6.07) is 23.3. The van der Waals surface area contributed by atoms with Crippen molar-refractivity contribution >= 4 is 38.0 Å². The highest BCUT2D eigenvalue weighted by molar-refractivity contribution is 7.89. The first-order valence-corrected chi connectivity index (χ1v) is 15.7. The van der Waals surface area contributed by atoms with Crippen LogP contribution in [0.15, 0.2) is 82.7 Å². The lowest BCUT2D eigenvalue weighted by molar-refractivity contribution is 0.427. The number of aliphatic imine (C=N–C) groups is 1. The second-order valence-corrected chi connectivity index (χ2v) is 12.9. The van der Waals surface area contributed by atoms with Crippen LogP contribution in [0.1, 0.15) is 56.1 Å². The van der Waals surface area contributed by atoms with Crippen LogP contribution < -0.4 is 9.62 Å². The normalized spacial score (nSPS) is 16.9. The van der Waals surface area contributed by atoms with Gasteiger partial charge in [-0.05, 0) is 74.1 Å². The van der Waals surface area contributed by atoms with Gasteiger partial charge in [-0.15, -0.1) is 0 Å². The number of fused-ring (bicyclic) bond motifs is 1. The van der Waals surface area contributed by atoms with E-state index in [9.17, 15) is 13.5 Å². The molecule has 0 radical (unpaired) electrons. The maximum absolute atomic E-state index is 13.0. The van der Waals surface area contributed by atoms with E-state index >= 15 is 0 Å². The molecule has 1 aromatic heterocycles. The number of sulfonamides is 1. The Kier molecular flexibility index (Phi) is 7.38. The molecule has 0 unspecified atom stereocenters. The van der Waals surface area contributed by atoms with Crippen LogP contribution in [0.2, 0.25) is 0 Å². The van der Waals surface area contributed by atoms with Crippen molar-refractivity contribution in [3.8, 4) is 5.88 Å². The molecule has 2 fully saturated rings. The zero-order chi connectivity index (χ0) is 27.7. The number of rotatable bonds is 9. The number of H-pyrrole nitrogens is 1. The van der Waals surface area contributed by atoms with Crippen molar-refractivity contribution in [1.29, 1.82) is 0 Å². The average Bonchev–Trinajstić information content (AvgIpc) is 3.76. The number of aromatic nitrogens is 1. The van der Waals surface area contributed by atoms with E-state index in [4.69, 9.17) is 4.99 Å². The largest absolute Gasteiger partial charge is 0.494 e. The minimum atomic E-state index is -3.68. The van der Waals surface area contributed by atoms with E-state index in [0.29, 0.717) is 40.7 Å². The van der Waals surface area contributed by atoms with Crippen LogP contribution in [0.4, 0.5) is 11.4 Å². The summed E-state index contributed by atoms with van der Waals surface area (Å²) in [5.41, 5.74) is 4.42. The highest BCUT2D eigenvalue weighted by Crippen LogP contribution is 2.34. The summed E-state index contributed by atoms with van der Waals surface area (Å²) in [6.45, 7) is 0.453. The molecule has 2 aliphatic rings. The van der Waals surface area contributed by atoms with Gasteiger partial charge < -0.3 is 15.0 Å². The zero-order valence-corrected chi connectivity index (χ0v) is 23.6. The van der Waals surface area contributed by atoms with E-state index in [0.717, 1.165) is 29.8 Å². The van der Waals surface area contributed by atoms with Gasteiger partial charge in [-0.2, -0.15) is 0 Å².